The second-order valence-electron chi connectivity index (χ2n) is 7.53. The monoisotopic (exact) mass is 402 g/mol. The van der Waals surface area contributed by atoms with Crippen LogP contribution in [-0.4, -0.2) is 22.2 Å². The summed E-state index contributed by atoms with van der Waals surface area (Å²) in [5, 5.41) is 19.5. The molecule has 0 spiro atoms. The molecule has 2 N–H and O–H groups in total. The van der Waals surface area contributed by atoms with Crippen LogP contribution in [0.3, 0.4) is 0 Å². The Morgan fingerprint density at radius 3 is 1.73 bits per heavy atom. The molecular weight excluding hydrogens is 376 g/mol. The predicted octanol–water partition coefficient (Wildman–Crippen LogP) is 5.10. The average molecular weight is 402 g/mol. The van der Waals surface area contributed by atoms with Crippen LogP contribution in [-0.2, 0) is 28.9 Å². The molecule has 0 saturated heterocycles. The van der Waals surface area contributed by atoms with E-state index in [1.807, 2.05) is 60.7 Å². The van der Waals surface area contributed by atoms with E-state index < -0.39 is 23.8 Å². The lowest BCUT2D eigenvalue weighted by Gasteiger charge is -2.21. The van der Waals surface area contributed by atoms with Gasteiger partial charge in [-0.2, -0.15) is 0 Å². The van der Waals surface area contributed by atoms with E-state index in [1.165, 1.54) is 5.56 Å². The van der Waals surface area contributed by atoms with Crippen molar-refractivity contribution < 1.29 is 19.8 Å². The maximum atomic E-state index is 11.9. The lowest BCUT2D eigenvalue weighted by molar-refractivity contribution is -0.153. The van der Waals surface area contributed by atoms with Crippen molar-refractivity contribution in [3.63, 3.8) is 0 Å². The molecule has 0 fully saturated rings. The molecule has 0 radical (unpaired) electrons. The van der Waals surface area contributed by atoms with E-state index >= 15 is 0 Å². The van der Waals surface area contributed by atoms with Gasteiger partial charge in [0, 0.05) is 0 Å². The summed E-state index contributed by atoms with van der Waals surface area (Å²) in [6.45, 7) is 2.11. The molecule has 3 aromatic rings. The standard InChI is InChI=1S/C26H26O4/c1-2-18-9-6-10-22(15-18)21-13-11-20(12-14-21)17-24(26(29)30)23(25(27)28)16-19-7-4-3-5-8-19/h3-15,23-24H,2,16-17H2,1H3,(H,27,28)(H,29,30)/t23-,24-/m0/s1. The van der Waals surface area contributed by atoms with Gasteiger partial charge in [-0.15, -0.1) is 0 Å². The maximum Gasteiger partial charge on any atom is 0.307 e. The van der Waals surface area contributed by atoms with E-state index in [9.17, 15) is 19.8 Å². The van der Waals surface area contributed by atoms with Gasteiger partial charge in [-0.05, 0) is 47.1 Å². The van der Waals surface area contributed by atoms with Gasteiger partial charge in [0.25, 0.3) is 0 Å². The molecule has 0 bridgehead atoms. The van der Waals surface area contributed by atoms with Crippen LogP contribution in [0.4, 0.5) is 0 Å². The van der Waals surface area contributed by atoms with E-state index in [0.717, 1.165) is 28.7 Å². The highest BCUT2D eigenvalue weighted by molar-refractivity contribution is 5.80. The zero-order valence-corrected chi connectivity index (χ0v) is 17.0. The molecule has 0 unspecified atom stereocenters. The molecule has 154 valence electrons. The van der Waals surface area contributed by atoms with Crippen LogP contribution >= 0.6 is 0 Å². The predicted molar refractivity (Wildman–Crippen MR) is 117 cm³/mol. The summed E-state index contributed by atoms with van der Waals surface area (Å²) in [5.41, 5.74) is 5.07. The third-order valence-corrected chi connectivity index (χ3v) is 5.50. The Morgan fingerprint density at radius 2 is 1.20 bits per heavy atom. The Hall–Kier alpha value is -3.40. The van der Waals surface area contributed by atoms with Crippen LogP contribution in [0.5, 0.6) is 0 Å². The van der Waals surface area contributed by atoms with Gasteiger partial charge in [0.1, 0.15) is 0 Å². The average Bonchev–Trinajstić information content (AvgIpc) is 2.77. The van der Waals surface area contributed by atoms with Crippen molar-refractivity contribution in [2.45, 2.75) is 26.2 Å². The summed E-state index contributed by atoms with van der Waals surface area (Å²) in [4.78, 5) is 23.8. The molecule has 3 rings (SSSR count). The quantitative estimate of drug-likeness (QED) is 0.522. The second kappa shape index (κ2) is 9.88. The van der Waals surface area contributed by atoms with Gasteiger partial charge >= 0.3 is 11.9 Å². The molecular formula is C26H26O4. The minimum Gasteiger partial charge on any atom is -0.481 e. The number of benzene rings is 3. The maximum absolute atomic E-state index is 11.9. The van der Waals surface area contributed by atoms with Crippen LogP contribution < -0.4 is 0 Å². The third-order valence-electron chi connectivity index (χ3n) is 5.50. The highest BCUT2D eigenvalue weighted by Crippen LogP contribution is 2.26. The number of carboxylic acids is 2. The molecule has 0 saturated carbocycles. The number of carboxylic acid groups (broad SMARTS) is 2. The van der Waals surface area contributed by atoms with Crippen LogP contribution in [0.1, 0.15) is 23.6 Å². The molecule has 0 amide bonds. The van der Waals surface area contributed by atoms with Crippen LogP contribution in [0.25, 0.3) is 11.1 Å². The minimum absolute atomic E-state index is 0.175. The number of carbonyl (C=O) groups is 2. The van der Waals surface area contributed by atoms with Crippen molar-refractivity contribution in [2.75, 3.05) is 0 Å². The molecule has 0 aromatic heterocycles. The van der Waals surface area contributed by atoms with Gasteiger partial charge in [0.05, 0.1) is 11.8 Å². The van der Waals surface area contributed by atoms with E-state index in [4.69, 9.17) is 0 Å². The number of hydrogen-bond acceptors (Lipinski definition) is 2. The molecule has 30 heavy (non-hydrogen) atoms. The van der Waals surface area contributed by atoms with Gasteiger partial charge in [0.2, 0.25) is 0 Å². The second-order valence-corrected chi connectivity index (χ2v) is 7.53. The van der Waals surface area contributed by atoms with Gasteiger partial charge in [-0.1, -0.05) is 85.8 Å². The first-order valence-corrected chi connectivity index (χ1v) is 10.2. The molecule has 3 aromatic carbocycles. The number of aryl methyl sites for hydroxylation is 1. The summed E-state index contributed by atoms with van der Waals surface area (Å²) in [5.74, 6) is -4.17. The van der Waals surface area contributed by atoms with Crippen molar-refractivity contribution in [3.8, 4) is 11.1 Å². The number of rotatable bonds is 9. The first-order valence-electron chi connectivity index (χ1n) is 10.2. The van der Waals surface area contributed by atoms with E-state index in [1.54, 1.807) is 0 Å². The summed E-state index contributed by atoms with van der Waals surface area (Å²) in [6.07, 6.45) is 1.33. The molecule has 4 heteroatoms. The van der Waals surface area contributed by atoms with Crippen LogP contribution in [0.2, 0.25) is 0 Å². The van der Waals surface area contributed by atoms with Gasteiger partial charge in [-0.3, -0.25) is 9.59 Å². The van der Waals surface area contributed by atoms with Crippen molar-refractivity contribution in [1.29, 1.82) is 0 Å². The Morgan fingerprint density at radius 1 is 0.667 bits per heavy atom. The topological polar surface area (TPSA) is 74.6 Å². The first kappa shape index (κ1) is 21.3. The fraction of sp³-hybridized carbons (Fsp3) is 0.231. The fourth-order valence-electron chi connectivity index (χ4n) is 3.73. The zero-order valence-electron chi connectivity index (χ0n) is 17.0. The summed E-state index contributed by atoms with van der Waals surface area (Å²) < 4.78 is 0. The molecule has 4 nitrogen and oxygen atoms in total. The van der Waals surface area contributed by atoms with E-state index in [0.29, 0.717) is 0 Å². The summed E-state index contributed by atoms with van der Waals surface area (Å²) in [7, 11) is 0. The third kappa shape index (κ3) is 5.35. The Labute approximate surface area is 176 Å². The highest BCUT2D eigenvalue weighted by Gasteiger charge is 2.34. The smallest absolute Gasteiger partial charge is 0.307 e. The van der Waals surface area contributed by atoms with Crippen molar-refractivity contribution in [2.24, 2.45) is 11.8 Å². The molecule has 0 heterocycles. The number of aliphatic carboxylic acids is 2. The van der Waals surface area contributed by atoms with Crippen LogP contribution in [0.15, 0.2) is 78.9 Å². The van der Waals surface area contributed by atoms with E-state index in [-0.39, 0.29) is 12.8 Å². The molecule has 0 aliphatic carbocycles. The van der Waals surface area contributed by atoms with Crippen LogP contribution in [0, 0.1) is 11.8 Å². The van der Waals surface area contributed by atoms with Gasteiger partial charge in [0.15, 0.2) is 0 Å². The van der Waals surface area contributed by atoms with Gasteiger partial charge < -0.3 is 10.2 Å². The molecule has 0 aliphatic rings. The summed E-state index contributed by atoms with van der Waals surface area (Å²) in [6, 6.07) is 25.2. The Balaban J connectivity index is 1.80. The van der Waals surface area contributed by atoms with E-state index in [2.05, 4.69) is 25.1 Å². The fourth-order valence-corrected chi connectivity index (χ4v) is 3.73. The molecule has 2 atom stereocenters. The Bertz CT molecular complexity index is 993. The lowest BCUT2D eigenvalue weighted by Crippen LogP contribution is -2.33. The van der Waals surface area contributed by atoms with Gasteiger partial charge in [-0.25, -0.2) is 0 Å². The largest absolute Gasteiger partial charge is 0.481 e. The lowest BCUT2D eigenvalue weighted by atomic mass is 9.82. The number of hydrogen-bond donors (Lipinski definition) is 2. The normalized spacial score (nSPS) is 12.8. The zero-order chi connectivity index (χ0) is 21.5. The Kier molecular flexibility index (Phi) is 7.02. The SMILES string of the molecule is CCc1cccc(-c2ccc(C[C@H](C(=O)O)[C@H](Cc3ccccc3)C(=O)O)cc2)c1. The highest BCUT2D eigenvalue weighted by atomic mass is 16.4. The first-order chi connectivity index (χ1) is 14.5. The molecule has 0 aliphatic heterocycles. The van der Waals surface area contributed by atoms with Crippen molar-refractivity contribution in [3.05, 3.63) is 95.6 Å². The summed E-state index contributed by atoms with van der Waals surface area (Å²) >= 11 is 0. The van der Waals surface area contributed by atoms with Crippen molar-refractivity contribution >= 4 is 11.9 Å². The van der Waals surface area contributed by atoms with Crippen molar-refractivity contribution in [1.82, 2.24) is 0 Å². The minimum atomic E-state index is -1.09.